The Kier molecular flexibility index (Phi) is 3.24. The summed E-state index contributed by atoms with van der Waals surface area (Å²) < 4.78 is 6.37. The summed E-state index contributed by atoms with van der Waals surface area (Å²) in [5, 5.41) is 13.3. The summed E-state index contributed by atoms with van der Waals surface area (Å²) in [5.74, 6) is 0.0364. The van der Waals surface area contributed by atoms with Crippen LogP contribution in [0.2, 0.25) is 0 Å². The first-order chi connectivity index (χ1) is 6.61. The molecule has 0 spiro atoms. The maximum absolute atomic E-state index is 11.6. The number of carbonyl (C=O) groups is 1. The molecular weight excluding hydrogens is 184 g/mol. The average Bonchev–Trinajstić information content (AvgIpc) is 2.57. The molecule has 1 atom stereocenters. The number of ketones is 1. The van der Waals surface area contributed by atoms with Crippen LogP contribution in [0, 0.1) is 0 Å². The Balaban J connectivity index is 3.04. The van der Waals surface area contributed by atoms with Gasteiger partial charge in [-0.15, -0.1) is 0 Å². The largest absolute Gasteiger partial charge is 0.493 e. The molecule has 1 unspecified atom stereocenters. The van der Waals surface area contributed by atoms with Crippen LogP contribution in [0.3, 0.4) is 0 Å². The summed E-state index contributed by atoms with van der Waals surface area (Å²) in [6.07, 6.45) is 0.849. The van der Waals surface area contributed by atoms with E-state index in [0.717, 1.165) is 0 Å². The van der Waals surface area contributed by atoms with Crippen LogP contribution in [-0.2, 0) is 7.05 Å². The molecule has 0 aliphatic carbocycles. The molecule has 78 valence electrons. The van der Waals surface area contributed by atoms with Gasteiger partial charge in [0.25, 0.3) is 0 Å². The molecule has 0 saturated heterocycles. The third-order valence-electron chi connectivity index (χ3n) is 2.05. The smallest absolute Gasteiger partial charge is 0.212 e. The molecule has 0 saturated carbocycles. The first-order valence-electron chi connectivity index (χ1n) is 4.40. The number of methoxy groups -OCH3 is 1. The normalized spacial score (nSPS) is 12.6. The summed E-state index contributed by atoms with van der Waals surface area (Å²) in [7, 11) is 3.10. The van der Waals surface area contributed by atoms with Crippen molar-refractivity contribution in [1.82, 2.24) is 9.78 Å². The Bertz CT molecular complexity index is 333. The van der Waals surface area contributed by atoms with E-state index in [1.165, 1.54) is 18.0 Å². The van der Waals surface area contributed by atoms with E-state index in [0.29, 0.717) is 17.9 Å². The molecule has 14 heavy (non-hydrogen) atoms. The molecular formula is C9H14N2O3. The van der Waals surface area contributed by atoms with Crippen molar-refractivity contribution >= 4 is 5.78 Å². The van der Waals surface area contributed by atoms with Gasteiger partial charge in [0.1, 0.15) is 11.8 Å². The van der Waals surface area contributed by atoms with E-state index in [-0.39, 0.29) is 5.78 Å². The lowest BCUT2D eigenvalue weighted by Crippen LogP contribution is -2.22. The van der Waals surface area contributed by atoms with Gasteiger partial charge in [-0.1, -0.05) is 6.92 Å². The Morgan fingerprint density at radius 3 is 2.93 bits per heavy atom. The molecule has 1 rings (SSSR count). The van der Waals surface area contributed by atoms with E-state index in [1.807, 2.05) is 0 Å². The standard InChI is InChI=1S/C9H14N2O3/c1-4-6(12)9(13)8-7(14-3)5-10-11(8)2/h5-6,12H,4H2,1-3H3. The number of ether oxygens (including phenoxy) is 1. The second-order valence-corrected chi connectivity index (χ2v) is 2.97. The molecule has 0 bridgehead atoms. The van der Waals surface area contributed by atoms with Crippen LogP contribution in [-0.4, -0.2) is 33.9 Å². The fourth-order valence-corrected chi connectivity index (χ4v) is 1.19. The van der Waals surface area contributed by atoms with Gasteiger partial charge in [0.05, 0.1) is 13.3 Å². The minimum absolute atomic E-state index is 0.307. The molecule has 5 nitrogen and oxygen atoms in total. The Hall–Kier alpha value is -1.36. The molecule has 0 aliphatic rings. The maximum atomic E-state index is 11.6. The van der Waals surface area contributed by atoms with Gasteiger partial charge in [-0.05, 0) is 6.42 Å². The van der Waals surface area contributed by atoms with Crippen LogP contribution >= 0.6 is 0 Å². The predicted molar refractivity (Wildman–Crippen MR) is 50.4 cm³/mol. The average molecular weight is 198 g/mol. The highest BCUT2D eigenvalue weighted by Gasteiger charge is 2.23. The maximum Gasteiger partial charge on any atom is 0.212 e. The number of rotatable bonds is 4. The zero-order valence-electron chi connectivity index (χ0n) is 8.52. The number of carbonyl (C=O) groups excluding carboxylic acids is 1. The van der Waals surface area contributed by atoms with Crippen LogP contribution in [0.15, 0.2) is 6.20 Å². The summed E-state index contributed by atoms with van der Waals surface area (Å²) in [6, 6.07) is 0. The van der Waals surface area contributed by atoms with Crippen LogP contribution in [0.4, 0.5) is 0 Å². The lowest BCUT2D eigenvalue weighted by Gasteiger charge is -2.08. The van der Waals surface area contributed by atoms with Gasteiger partial charge in [0.2, 0.25) is 5.78 Å². The van der Waals surface area contributed by atoms with Gasteiger partial charge in [-0.2, -0.15) is 5.10 Å². The number of nitrogens with zero attached hydrogens (tertiary/aromatic N) is 2. The van der Waals surface area contributed by atoms with Gasteiger partial charge in [0.15, 0.2) is 5.75 Å². The van der Waals surface area contributed by atoms with Gasteiger partial charge in [-0.3, -0.25) is 9.48 Å². The van der Waals surface area contributed by atoms with Crippen molar-refractivity contribution in [2.24, 2.45) is 7.05 Å². The van der Waals surface area contributed by atoms with Crippen molar-refractivity contribution in [3.8, 4) is 5.75 Å². The van der Waals surface area contributed by atoms with Crippen molar-refractivity contribution in [2.75, 3.05) is 7.11 Å². The number of hydrogen-bond donors (Lipinski definition) is 1. The van der Waals surface area contributed by atoms with Gasteiger partial charge >= 0.3 is 0 Å². The molecule has 1 heterocycles. The van der Waals surface area contributed by atoms with E-state index < -0.39 is 6.10 Å². The van der Waals surface area contributed by atoms with Crippen molar-refractivity contribution < 1.29 is 14.6 Å². The minimum Gasteiger partial charge on any atom is -0.493 e. The lowest BCUT2D eigenvalue weighted by molar-refractivity contribution is 0.0727. The zero-order chi connectivity index (χ0) is 10.7. The number of hydrogen-bond acceptors (Lipinski definition) is 4. The lowest BCUT2D eigenvalue weighted by atomic mass is 10.1. The summed E-state index contributed by atoms with van der Waals surface area (Å²) in [5.41, 5.74) is 0.307. The highest BCUT2D eigenvalue weighted by atomic mass is 16.5. The molecule has 0 aromatic carbocycles. The number of aliphatic hydroxyl groups excluding tert-OH is 1. The number of aromatic nitrogens is 2. The minimum atomic E-state index is -0.987. The topological polar surface area (TPSA) is 64.3 Å². The van der Waals surface area contributed by atoms with E-state index in [2.05, 4.69) is 5.10 Å². The van der Waals surface area contributed by atoms with Crippen molar-refractivity contribution in [1.29, 1.82) is 0 Å². The van der Waals surface area contributed by atoms with E-state index >= 15 is 0 Å². The van der Waals surface area contributed by atoms with Crippen molar-refractivity contribution in [3.63, 3.8) is 0 Å². The quantitative estimate of drug-likeness (QED) is 0.710. The summed E-state index contributed by atoms with van der Waals surface area (Å²) in [4.78, 5) is 11.6. The van der Waals surface area contributed by atoms with Crippen LogP contribution in [0.1, 0.15) is 23.8 Å². The highest BCUT2D eigenvalue weighted by molar-refractivity contribution is 6.00. The van der Waals surface area contributed by atoms with E-state index in [1.54, 1.807) is 14.0 Å². The molecule has 1 aromatic rings. The zero-order valence-corrected chi connectivity index (χ0v) is 8.52. The van der Waals surface area contributed by atoms with Crippen molar-refractivity contribution in [2.45, 2.75) is 19.4 Å². The Morgan fingerprint density at radius 2 is 2.43 bits per heavy atom. The highest BCUT2D eigenvalue weighted by Crippen LogP contribution is 2.18. The first kappa shape index (κ1) is 10.7. The third-order valence-corrected chi connectivity index (χ3v) is 2.05. The molecule has 5 heteroatoms. The van der Waals surface area contributed by atoms with Gasteiger partial charge in [-0.25, -0.2) is 0 Å². The number of aryl methyl sites for hydroxylation is 1. The first-order valence-corrected chi connectivity index (χ1v) is 4.40. The van der Waals surface area contributed by atoms with Crippen molar-refractivity contribution in [3.05, 3.63) is 11.9 Å². The Labute approximate surface area is 82.3 Å². The van der Waals surface area contributed by atoms with Gasteiger partial charge in [0, 0.05) is 7.05 Å². The third kappa shape index (κ3) is 1.77. The summed E-state index contributed by atoms with van der Waals surface area (Å²) in [6.45, 7) is 1.74. The van der Waals surface area contributed by atoms with Crippen LogP contribution in [0.5, 0.6) is 5.75 Å². The molecule has 1 aromatic heterocycles. The molecule has 0 radical (unpaired) electrons. The number of Topliss-reactive ketones (excluding diaryl/α,β-unsaturated/α-hetero) is 1. The Morgan fingerprint density at radius 1 is 1.79 bits per heavy atom. The van der Waals surface area contributed by atoms with Gasteiger partial charge < -0.3 is 9.84 Å². The second kappa shape index (κ2) is 4.23. The monoisotopic (exact) mass is 198 g/mol. The fourth-order valence-electron chi connectivity index (χ4n) is 1.19. The molecule has 0 amide bonds. The van der Waals surface area contributed by atoms with Crippen LogP contribution in [0.25, 0.3) is 0 Å². The van der Waals surface area contributed by atoms with E-state index in [9.17, 15) is 9.90 Å². The van der Waals surface area contributed by atoms with E-state index in [4.69, 9.17) is 4.74 Å². The number of aliphatic hydroxyl groups is 1. The van der Waals surface area contributed by atoms with Crippen LogP contribution < -0.4 is 4.74 Å². The molecule has 0 fully saturated rings. The molecule has 1 N–H and O–H groups in total. The molecule has 0 aliphatic heterocycles. The SMILES string of the molecule is CCC(O)C(=O)c1c(OC)cnn1C. The summed E-state index contributed by atoms with van der Waals surface area (Å²) >= 11 is 0. The second-order valence-electron chi connectivity index (χ2n) is 2.97. The fraction of sp³-hybridized carbons (Fsp3) is 0.556. The predicted octanol–water partition coefficient (Wildman–Crippen LogP) is 0.382.